The Balaban J connectivity index is 2.91. The van der Waals surface area contributed by atoms with Crippen LogP contribution in [-0.4, -0.2) is 48.1 Å². The van der Waals surface area contributed by atoms with Crippen molar-refractivity contribution < 1.29 is 0 Å². The number of hydrogen-bond donors (Lipinski definition) is 2. The normalized spacial score (nSPS) is 11.3. The highest BCUT2D eigenvalue weighted by atomic mass is 28.2. The van der Waals surface area contributed by atoms with E-state index in [0.717, 1.165) is 0 Å². The molecule has 0 saturated carbocycles. The molecule has 0 aromatic rings. The van der Waals surface area contributed by atoms with Crippen LogP contribution in [0.15, 0.2) is 0 Å². The van der Waals surface area contributed by atoms with Crippen molar-refractivity contribution in [2.45, 2.75) is 0 Å². The third-order valence-corrected chi connectivity index (χ3v) is 2.37. The van der Waals surface area contributed by atoms with Gasteiger partial charge in [0.1, 0.15) is 0 Å². The van der Waals surface area contributed by atoms with Crippen molar-refractivity contribution in [3.05, 3.63) is 0 Å². The van der Waals surface area contributed by atoms with Gasteiger partial charge in [0.2, 0.25) is 0 Å². The van der Waals surface area contributed by atoms with Gasteiger partial charge < -0.3 is 0 Å². The predicted octanol–water partition coefficient (Wildman–Crippen LogP) is -1.88. The largest absolute Gasteiger partial charge is 0.267 e. The average Bonchev–Trinajstić information content (AvgIpc) is 1.63. The van der Waals surface area contributed by atoms with Crippen LogP contribution >= 0.6 is 0 Å². The molecule has 0 radical (unpaired) electrons. The number of hydrazine groups is 2. The van der Waals surface area contributed by atoms with Crippen molar-refractivity contribution in [1.82, 2.24) is 20.2 Å². The van der Waals surface area contributed by atoms with Crippen molar-refractivity contribution in [3.8, 4) is 0 Å². The zero-order valence-electron chi connectivity index (χ0n) is 6.60. The summed E-state index contributed by atoms with van der Waals surface area (Å²) in [4.78, 5) is 0. The summed E-state index contributed by atoms with van der Waals surface area (Å²) in [6.07, 6.45) is 0. The van der Waals surface area contributed by atoms with E-state index in [1.54, 1.807) is 0 Å². The molecular formula is C4H16N4Si. The summed E-state index contributed by atoms with van der Waals surface area (Å²) in [5.41, 5.74) is 0. The van der Waals surface area contributed by atoms with E-state index in [9.17, 15) is 0 Å². The predicted molar refractivity (Wildman–Crippen MR) is 42.2 cm³/mol. The highest BCUT2D eigenvalue weighted by Gasteiger charge is 1.88. The molecule has 0 rings (SSSR count). The SMILES string of the molecule is CN(C)N[SiH2]NN(C)C. The van der Waals surface area contributed by atoms with E-state index in [1.165, 1.54) is 0 Å². The quantitative estimate of drug-likeness (QED) is 0.361. The van der Waals surface area contributed by atoms with E-state index < -0.39 is 0 Å². The standard InChI is InChI=1S/C4H16N4Si/c1-7(2)5-9-6-8(3)4/h5-6H,9H2,1-4H3. The van der Waals surface area contributed by atoms with Gasteiger partial charge >= 0.3 is 0 Å². The molecule has 0 amide bonds. The van der Waals surface area contributed by atoms with E-state index >= 15 is 0 Å². The molecule has 2 N–H and O–H groups in total. The molecule has 5 heteroatoms. The maximum Gasteiger partial charge on any atom is 0.195 e. The van der Waals surface area contributed by atoms with Crippen LogP contribution in [0.4, 0.5) is 0 Å². The van der Waals surface area contributed by atoms with Gasteiger partial charge in [0, 0.05) is 28.2 Å². The molecule has 56 valence electrons. The van der Waals surface area contributed by atoms with Crippen LogP contribution in [0.5, 0.6) is 0 Å². The van der Waals surface area contributed by atoms with Crippen LogP contribution in [0.3, 0.4) is 0 Å². The zero-order chi connectivity index (χ0) is 7.28. The molecule has 0 unspecified atom stereocenters. The number of nitrogens with zero attached hydrogens (tertiary/aromatic N) is 2. The minimum Gasteiger partial charge on any atom is -0.267 e. The first-order chi connectivity index (χ1) is 4.13. The van der Waals surface area contributed by atoms with Crippen molar-refractivity contribution in [3.63, 3.8) is 0 Å². The van der Waals surface area contributed by atoms with Crippen molar-refractivity contribution in [1.29, 1.82) is 0 Å². The molecule has 0 bridgehead atoms. The summed E-state index contributed by atoms with van der Waals surface area (Å²) < 4.78 is 0. The highest BCUT2D eigenvalue weighted by molar-refractivity contribution is 6.28. The van der Waals surface area contributed by atoms with Gasteiger partial charge in [0.15, 0.2) is 9.84 Å². The summed E-state index contributed by atoms with van der Waals surface area (Å²) in [6.45, 7) is 0. The molecule has 9 heavy (non-hydrogen) atoms. The second kappa shape index (κ2) is 4.89. The van der Waals surface area contributed by atoms with E-state index in [-0.39, 0.29) is 9.84 Å². The van der Waals surface area contributed by atoms with E-state index in [1.807, 2.05) is 38.2 Å². The van der Waals surface area contributed by atoms with Gasteiger partial charge in [-0.2, -0.15) is 0 Å². The first kappa shape index (κ1) is 9.06. The lowest BCUT2D eigenvalue weighted by Crippen LogP contribution is -2.46. The fraction of sp³-hybridized carbons (Fsp3) is 1.00. The molecular weight excluding hydrogens is 132 g/mol. The Kier molecular flexibility index (Phi) is 4.92. The molecule has 0 aliphatic carbocycles. The van der Waals surface area contributed by atoms with Crippen LogP contribution in [0, 0.1) is 0 Å². The monoisotopic (exact) mass is 148 g/mol. The Morgan fingerprint density at radius 1 is 0.889 bits per heavy atom. The van der Waals surface area contributed by atoms with E-state index in [2.05, 4.69) is 10.2 Å². The zero-order valence-corrected chi connectivity index (χ0v) is 8.02. The molecule has 4 nitrogen and oxygen atoms in total. The maximum atomic E-state index is 3.20. The first-order valence-corrected chi connectivity index (χ1v) is 4.36. The van der Waals surface area contributed by atoms with Gasteiger partial charge in [-0.1, -0.05) is 0 Å². The second-order valence-electron chi connectivity index (χ2n) is 2.28. The molecule has 0 aromatic heterocycles. The Labute approximate surface area is 59.1 Å². The van der Waals surface area contributed by atoms with Gasteiger partial charge in [-0.3, -0.25) is 20.2 Å². The number of nitrogens with one attached hydrogen (secondary N) is 2. The summed E-state index contributed by atoms with van der Waals surface area (Å²) in [6, 6.07) is 0. The average molecular weight is 148 g/mol. The Morgan fingerprint density at radius 2 is 1.22 bits per heavy atom. The second-order valence-corrected chi connectivity index (χ2v) is 3.27. The molecule has 0 aliphatic rings. The molecule has 0 atom stereocenters. The minimum absolute atomic E-state index is 0.332. The van der Waals surface area contributed by atoms with Crippen molar-refractivity contribution in [2.75, 3.05) is 28.2 Å². The van der Waals surface area contributed by atoms with Crippen LogP contribution in [0.25, 0.3) is 0 Å². The highest BCUT2D eigenvalue weighted by Crippen LogP contribution is 1.59. The van der Waals surface area contributed by atoms with Crippen molar-refractivity contribution in [2.24, 2.45) is 0 Å². The van der Waals surface area contributed by atoms with Gasteiger partial charge in [-0.25, -0.2) is 0 Å². The van der Waals surface area contributed by atoms with Crippen molar-refractivity contribution >= 4 is 9.84 Å². The van der Waals surface area contributed by atoms with Gasteiger partial charge in [-0.15, -0.1) is 0 Å². The summed E-state index contributed by atoms with van der Waals surface area (Å²) in [7, 11) is 7.63. The summed E-state index contributed by atoms with van der Waals surface area (Å²) >= 11 is 0. The number of rotatable bonds is 4. The fourth-order valence-corrected chi connectivity index (χ4v) is 1.05. The van der Waals surface area contributed by atoms with Crippen LogP contribution in [0.2, 0.25) is 0 Å². The molecule has 0 spiro atoms. The molecule has 0 aromatic carbocycles. The van der Waals surface area contributed by atoms with E-state index in [0.29, 0.717) is 0 Å². The molecule has 0 fully saturated rings. The summed E-state index contributed by atoms with van der Waals surface area (Å²) in [5.74, 6) is 0. The Hall–Kier alpha value is 0.0569. The minimum atomic E-state index is -0.332. The van der Waals surface area contributed by atoms with Crippen LogP contribution in [0.1, 0.15) is 0 Å². The lowest BCUT2D eigenvalue weighted by Gasteiger charge is -2.15. The lowest BCUT2D eigenvalue weighted by molar-refractivity contribution is 0.334. The lowest BCUT2D eigenvalue weighted by atomic mass is 11.2. The van der Waals surface area contributed by atoms with Gasteiger partial charge in [0.05, 0.1) is 0 Å². The third-order valence-electron chi connectivity index (χ3n) is 0.791. The Bertz CT molecular complexity index is 57.6. The van der Waals surface area contributed by atoms with Crippen LogP contribution < -0.4 is 10.2 Å². The fourth-order valence-electron chi connectivity index (χ4n) is 0.352. The first-order valence-electron chi connectivity index (χ1n) is 2.94. The van der Waals surface area contributed by atoms with Crippen LogP contribution in [-0.2, 0) is 0 Å². The smallest absolute Gasteiger partial charge is 0.195 e. The third kappa shape index (κ3) is 8.06. The van der Waals surface area contributed by atoms with Gasteiger partial charge in [0.25, 0.3) is 0 Å². The number of hydrogen-bond acceptors (Lipinski definition) is 4. The topological polar surface area (TPSA) is 30.5 Å². The maximum absolute atomic E-state index is 3.20. The van der Waals surface area contributed by atoms with E-state index in [4.69, 9.17) is 0 Å². The Morgan fingerprint density at radius 3 is 1.44 bits per heavy atom. The van der Waals surface area contributed by atoms with Gasteiger partial charge in [-0.05, 0) is 0 Å². The molecule has 0 saturated heterocycles. The summed E-state index contributed by atoms with van der Waals surface area (Å²) in [5, 5.41) is 10.3. The molecule has 0 heterocycles. The molecule has 0 aliphatic heterocycles.